The van der Waals surface area contributed by atoms with Crippen LogP contribution in [0.5, 0.6) is 0 Å². The van der Waals surface area contributed by atoms with Crippen LogP contribution in [0.3, 0.4) is 0 Å². The summed E-state index contributed by atoms with van der Waals surface area (Å²) < 4.78 is 1.63. The van der Waals surface area contributed by atoms with E-state index in [1.807, 2.05) is 6.26 Å². The van der Waals surface area contributed by atoms with Gasteiger partial charge in [-0.2, -0.15) is 0 Å². The molecule has 2 rings (SSSR count). The Kier molecular flexibility index (Phi) is 2.77. The molecule has 5 nitrogen and oxygen atoms in total. The number of aromatic nitrogens is 3. The highest BCUT2D eigenvalue weighted by molar-refractivity contribution is 7.98. The first-order chi connectivity index (χ1) is 7.54. The number of aromatic carboxylic acids is 1. The molecule has 0 unspecified atom stereocenters. The molecule has 0 spiro atoms. The van der Waals surface area contributed by atoms with Crippen molar-refractivity contribution in [2.45, 2.75) is 5.16 Å². The van der Waals surface area contributed by atoms with Crippen LogP contribution in [-0.2, 0) is 7.05 Å². The van der Waals surface area contributed by atoms with Crippen LogP contribution in [0.1, 0.15) is 10.4 Å². The molecule has 0 aromatic carbocycles. The predicted molar refractivity (Wildman–Crippen MR) is 62.3 cm³/mol. The second kappa shape index (κ2) is 3.95. The van der Waals surface area contributed by atoms with Crippen molar-refractivity contribution in [3.05, 3.63) is 16.9 Å². The normalized spacial score (nSPS) is 10.9. The monoisotopic (exact) mass is 257 g/mol. The summed E-state index contributed by atoms with van der Waals surface area (Å²) in [5.74, 6) is -1.03. The maximum atomic E-state index is 11.0. The average molecular weight is 258 g/mol. The number of fused-ring (bicyclic) bond motifs is 1. The summed E-state index contributed by atoms with van der Waals surface area (Å²) in [5.41, 5.74) is 0.650. The Labute approximate surface area is 100 Å². The Hall–Kier alpha value is -1.27. The van der Waals surface area contributed by atoms with Gasteiger partial charge in [0.15, 0.2) is 5.16 Å². The minimum Gasteiger partial charge on any atom is -0.478 e. The highest BCUT2D eigenvalue weighted by atomic mass is 35.5. The molecule has 0 aliphatic carbocycles. The SMILES string of the molecule is CSc1nc(Cl)c2c(C(=O)O)cn(C)c2n1. The largest absolute Gasteiger partial charge is 0.478 e. The van der Waals surface area contributed by atoms with Crippen LogP contribution in [-0.4, -0.2) is 31.9 Å². The molecule has 0 aliphatic rings. The quantitative estimate of drug-likeness (QED) is 0.507. The fraction of sp³-hybridized carbons (Fsp3) is 0.222. The molecular weight excluding hydrogens is 250 g/mol. The van der Waals surface area contributed by atoms with E-state index < -0.39 is 5.97 Å². The van der Waals surface area contributed by atoms with E-state index in [9.17, 15) is 4.79 Å². The summed E-state index contributed by atoms with van der Waals surface area (Å²) in [4.78, 5) is 19.2. The van der Waals surface area contributed by atoms with E-state index in [0.717, 1.165) is 0 Å². The lowest BCUT2D eigenvalue weighted by molar-refractivity contribution is 0.0699. The molecule has 0 fully saturated rings. The Bertz CT molecular complexity index is 582. The maximum Gasteiger partial charge on any atom is 0.338 e. The van der Waals surface area contributed by atoms with Gasteiger partial charge in [-0.3, -0.25) is 0 Å². The molecular formula is C9H8ClN3O2S. The van der Waals surface area contributed by atoms with Crippen LogP contribution in [0.15, 0.2) is 11.4 Å². The van der Waals surface area contributed by atoms with Crippen LogP contribution in [0, 0.1) is 0 Å². The minimum absolute atomic E-state index is 0.121. The number of carbonyl (C=O) groups is 1. The molecule has 84 valence electrons. The molecule has 2 heterocycles. The summed E-state index contributed by atoms with van der Waals surface area (Å²) in [7, 11) is 1.72. The zero-order valence-electron chi connectivity index (χ0n) is 8.56. The van der Waals surface area contributed by atoms with Gasteiger partial charge in [-0.15, -0.1) is 0 Å². The first-order valence-corrected chi connectivity index (χ1v) is 5.94. The standard InChI is InChI=1S/C9H8ClN3O2S/c1-13-3-4(8(14)15)5-6(10)11-9(16-2)12-7(5)13/h3H,1-2H3,(H,14,15). The van der Waals surface area contributed by atoms with Crippen molar-refractivity contribution in [1.82, 2.24) is 14.5 Å². The maximum absolute atomic E-state index is 11.0. The lowest BCUT2D eigenvalue weighted by Crippen LogP contribution is -1.96. The van der Waals surface area contributed by atoms with E-state index in [-0.39, 0.29) is 10.7 Å². The second-order valence-corrected chi connectivity index (χ2v) is 4.29. The third-order valence-electron chi connectivity index (χ3n) is 2.16. The number of halogens is 1. The summed E-state index contributed by atoms with van der Waals surface area (Å²) in [6.45, 7) is 0. The van der Waals surface area contributed by atoms with E-state index in [1.54, 1.807) is 11.6 Å². The second-order valence-electron chi connectivity index (χ2n) is 3.16. The molecule has 1 N–H and O–H groups in total. The van der Waals surface area contributed by atoms with Gasteiger partial charge in [-0.25, -0.2) is 14.8 Å². The Morgan fingerprint density at radius 2 is 2.25 bits per heavy atom. The Balaban J connectivity index is 2.85. The summed E-state index contributed by atoms with van der Waals surface area (Å²) in [5, 5.41) is 10.1. The van der Waals surface area contributed by atoms with Crippen molar-refractivity contribution in [1.29, 1.82) is 0 Å². The number of aryl methyl sites for hydroxylation is 1. The molecule has 16 heavy (non-hydrogen) atoms. The van der Waals surface area contributed by atoms with Crippen LogP contribution >= 0.6 is 23.4 Å². The number of nitrogens with zero attached hydrogens (tertiary/aromatic N) is 3. The number of carboxylic acid groups (broad SMARTS) is 1. The fourth-order valence-electron chi connectivity index (χ4n) is 1.46. The average Bonchev–Trinajstić information content (AvgIpc) is 2.57. The summed E-state index contributed by atoms with van der Waals surface area (Å²) in [6, 6.07) is 0. The number of thioether (sulfide) groups is 1. The molecule has 0 aliphatic heterocycles. The molecule has 7 heteroatoms. The number of hydrogen-bond acceptors (Lipinski definition) is 4. The van der Waals surface area contributed by atoms with Gasteiger partial charge in [-0.1, -0.05) is 23.4 Å². The topological polar surface area (TPSA) is 68.0 Å². The number of carboxylic acids is 1. The molecule has 2 aromatic rings. The van der Waals surface area contributed by atoms with Gasteiger partial charge in [0.05, 0.1) is 10.9 Å². The molecule has 0 saturated carbocycles. The highest BCUT2D eigenvalue weighted by Crippen LogP contribution is 2.27. The van der Waals surface area contributed by atoms with Crippen molar-refractivity contribution in [3.63, 3.8) is 0 Å². The van der Waals surface area contributed by atoms with E-state index >= 15 is 0 Å². The molecule has 0 atom stereocenters. The van der Waals surface area contributed by atoms with Gasteiger partial charge < -0.3 is 9.67 Å². The minimum atomic E-state index is -1.03. The molecule has 2 aromatic heterocycles. The molecule has 0 saturated heterocycles. The van der Waals surface area contributed by atoms with E-state index in [0.29, 0.717) is 16.2 Å². The summed E-state index contributed by atoms with van der Waals surface area (Å²) in [6.07, 6.45) is 3.32. The van der Waals surface area contributed by atoms with Crippen molar-refractivity contribution in [3.8, 4) is 0 Å². The number of hydrogen-bond donors (Lipinski definition) is 1. The van der Waals surface area contributed by atoms with Crippen LogP contribution in [0.2, 0.25) is 5.15 Å². The van der Waals surface area contributed by atoms with E-state index in [1.165, 1.54) is 18.0 Å². The molecule has 0 bridgehead atoms. The van der Waals surface area contributed by atoms with Crippen molar-refractivity contribution in [2.75, 3.05) is 6.26 Å². The zero-order chi connectivity index (χ0) is 11.9. The van der Waals surface area contributed by atoms with Gasteiger partial charge in [0.1, 0.15) is 10.8 Å². The molecule has 0 amide bonds. The zero-order valence-corrected chi connectivity index (χ0v) is 10.1. The van der Waals surface area contributed by atoms with Gasteiger partial charge in [0.2, 0.25) is 0 Å². The smallest absolute Gasteiger partial charge is 0.338 e. The van der Waals surface area contributed by atoms with Gasteiger partial charge in [0, 0.05) is 13.2 Å². The Morgan fingerprint density at radius 1 is 1.56 bits per heavy atom. The lowest BCUT2D eigenvalue weighted by Gasteiger charge is -2.00. The van der Waals surface area contributed by atoms with Crippen LogP contribution in [0.4, 0.5) is 0 Å². The van der Waals surface area contributed by atoms with Crippen molar-refractivity contribution in [2.24, 2.45) is 7.05 Å². The highest BCUT2D eigenvalue weighted by Gasteiger charge is 2.18. The first-order valence-electron chi connectivity index (χ1n) is 4.34. The fourth-order valence-corrected chi connectivity index (χ4v) is 2.14. The van der Waals surface area contributed by atoms with Crippen LogP contribution in [0.25, 0.3) is 11.0 Å². The van der Waals surface area contributed by atoms with Crippen molar-refractivity contribution < 1.29 is 9.90 Å². The van der Waals surface area contributed by atoms with Crippen molar-refractivity contribution >= 4 is 40.4 Å². The van der Waals surface area contributed by atoms with Gasteiger partial charge >= 0.3 is 5.97 Å². The predicted octanol–water partition coefficient (Wildman–Crippen LogP) is 2.04. The summed E-state index contributed by atoms with van der Waals surface area (Å²) >= 11 is 7.32. The third-order valence-corrected chi connectivity index (χ3v) is 2.99. The van der Waals surface area contributed by atoms with E-state index in [4.69, 9.17) is 16.7 Å². The Morgan fingerprint density at radius 3 is 2.81 bits per heavy atom. The number of rotatable bonds is 2. The lowest BCUT2D eigenvalue weighted by atomic mass is 10.2. The van der Waals surface area contributed by atoms with E-state index in [2.05, 4.69) is 9.97 Å². The molecule has 0 radical (unpaired) electrons. The van der Waals surface area contributed by atoms with Gasteiger partial charge in [-0.05, 0) is 6.26 Å². The third kappa shape index (κ3) is 1.64. The van der Waals surface area contributed by atoms with Crippen LogP contribution < -0.4 is 0 Å². The first kappa shape index (κ1) is 11.2. The van der Waals surface area contributed by atoms with Gasteiger partial charge in [0.25, 0.3) is 0 Å².